The van der Waals surface area contributed by atoms with Crippen LogP contribution >= 0.6 is 0 Å². The van der Waals surface area contributed by atoms with Crippen molar-refractivity contribution in [2.24, 2.45) is 0 Å². The molecule has 0 saturated heterocycles. The number of hydrogen-bond donors (Lipinski definition) is 4. The van der Waals surface area contributed by atoms with Gasteiger partial charge in [-0.05, 0) is 36.4 Å². The van der Waals surface area contributed by atoms with E-state index in [0.29, 0.717) is 0 Å². The van der Waals surface area contributed by atoms with Crippen molar-refractivity contribution in [3.63, 3.8) is 0 Å². The monoisotopic (exact) mass is 320 g/mol. The molecule has 0 radical (unpaired) electrons. The number of nitrogens with one attached hydrogen (secondary N) is 4. The van der Waals surface area contributed by atoms with E-state index >= 15 is 0 Å². The number of imidazole rings is 2. The highest BCUT2D eigenvalue weighted by Crippen LogP contribution is 2.19. The Morgan fingerprint density at radius 1 is 0.750 bits per heavy atom. The lowest BCUT2D eigenvalue weighted by Gasteiger charge is -1.97. The van der Waals surface area contributed by atoms with Gasteiger partial charge in [0.2, 0.25) is 0 Å². The molecular formula is C18H20N6. The third-order valence-corrected chi connectivity index (χ3v) is 4.24. The molecule has 24 heavy (non-hydrogen) atoms. The molecule has 122 valence electrons. The number of anilines is 2. The van der Waals surface area contributed by atoms with Gasteiger partial charge in [0.15, 0.2) is 0 Å². The number of rotatable bonds is 5. The summed E-state index contributed by atoms with van der Waals surface area (Å²) < 4.78 is 0. The van der Waals surface area contributed by atoms with Crippen LogP contribution in [0, 0.1) is 0 Å². The number of aromatic amines is 2. The lowest BCUT2D eigenvalue weighted by atomic mass is 10.3. The van der Waals surface area contributed by atoms with Crippen LogP contribution in [0.25, 0.3) is 22.1 Å². The molecule has 0 saturated carbocycles. The molecule has 0 aliphatic rings. The van der Waals surface area contributed by atoms with Gasteiger partial charge in [0.25, 0.3) is 0 Å². The standard InChI is InChI=1S/C18H20N6/c1-19-11-3-5-13-15(9-11)23-17(21-13)7-8-18-22-14-6-4-12(20-2)10-16(14)24-18/h3-6,9-10,19-20H,7-8H2,1-2H3,(H,21,23)(H,22,24). The van der Waals surface area contributed by atoms with Crippen molar-refractivity contribution in [3.05, 3.63) is 48.0 Å². The maximum atomic E-state index is 4.65. The molecule has 0 amide bonds. The Bertz CT molecular complexity index is 915. The Kier molecular flexibility index (Phi) is 3.57. The molecule has 6 nitrogen and oxygen atoms in total. The molecule has 4 aromatic rings. The van der Waals surface area contributed by atoms with E-state index in [1.165, 1.54) is 0 Å². The SMILES string of the molecule is CNc1ccc2nc(CCc3nc4ccc(NC)cc4[nH]3)[nH]c2c1. The van der Waals surface area contributed by atoms with Crippen molar-refractivity contribution in [1.29, 1.82) is 0 Å². The summed E-state index contributed by atoms with van der Waals surface area (Å²) in [7, 11) is 3.83. The Hall–Kier alpha value is -3.02. The van der Waals surface area contributed by atoms with Crippen molar-refractivity contribution < 1.29 is 0 Å². The van der Waals surface area contributed by atoms with Crippen LogP contribution in [-0.2, 0) is 12.8 Å². The van der Waals surface area contributed by atoms with Crippen LogP contribution < -0.4 is 10.6 Å². The quantitative estimate of drug-likeness (QED) is 0.455. The molecule has 6 heteroatoms. The largest absolute Gasteiger partial charge is 0.388 e. The van der Waals surface area contributed by atoms with E-state index in [2.05, 4.69) is 42.7 Å². The van der Waals surface area contributed by atoms with Gasteiger partial charge in [0.1, 0.15) is 11.6 Å². The summed E-state index contributed by atoms with van der Waals surface area (Å²) in [4.78, 5) is 16.1. The maximum Gasteiger partial charge on any atom is 0.107 e. The van der Waals surface area contributed by atoms with Gasteiger partial charge in [-0.2, -0.15) is 0 Å². The summed E-state index contributed by atoms with van der Waals surface area (Å²) in [6.07, 6.45) is 1.64. The molecule has 0 bridgehead atoms. The minimum Gasteiger partial charge on any atom is -0.388 e. The second-order valence-corrected chi connectivity index (χ2v) is 5.83. The third-order valence-electron chi connectivity index (χ3n) is 4.24. The molecule has 4 rings (SSSR count). The highest BCUT2D eigenvalue weighted by atomic mass is 14.9. The molecule has 4 N–H and O–H groups in total. The Morgan fingerprint density at radius 2 is 1.21 bits per heavy atom. The first-order valence-corrected chi connectivity index (χ1v) is 8.08. The summed E-state index contributed by atoms with van der Waals surface area (Å²) >= 11 is 0. The molecular weight excluding hydrogens is 300 g/mol. The topological polar surface area (TPSA) is 81.4 Å². The van der Waals surface area contributed by atoms with Crippen LogP contribution in [0.1, 0.15) is 11.6 Å². The number of benzene rings is 2. The maximum absolute atomic E-state index is 4.65. The van der Waals surface area contributed by atoms with Crippen LogP contribution in [0.4, 0.5) is 11.4 Å². The van der Waals surface area contributed by atoms with Gasteiger partial charge >= 0.3 is 0 Å². The predicted octanol–water partition coefficient (Wildman–Crippen LogP) is 3.31. The fourth-order valence-corrected chi connectivity index (χ4v) is 2.91. The molecule has 2 aromatic carbocycles. The van der Waals surface area contributed by atoms with Gasteiger partial charge in [0.05, 0.1) is 22.1 Å². The molecule has 0 atom stereocenters. The van der Waals surface area contributed by atoms with Crippen molar-refractivity contribution in [3.8, 4) is 0 Å². The summed E-state index contributed by atoms with van der Waals surface area (Å²) in [5, 5.41) is 6.29. The second kappa shape index (κ2) is 5.88. The first kappa shape index (κ1) is 14.6. The smallest absolute Gasteiger partial charge is 0.107 e. The highest BCUT2D eigenvalue weighted by Gasteiger charge is 2.07. The van der Waals surface area contributed by atoms with E-state index < -0.39 is 0 Å². The van der Waals surface area contributed by atoms with Gasteiger partial charge in [-0.15, -0.1) is 0 Å². The zero-order chi connectivity index (χ0) is 16.5. The van der Waals surface area contributed by atoms with Crippen molar-refractivity contribution in [1.82, 2.24) is 19.9 Å². The first-order chi connectivity index (χ1) is 11.7. The summed E-state index contributed by atoms with van der Waals surface area (Å²) in [6, 6.07) is 12.3. The van der Waals surface area contributed by atoms with E-state index in [4.69, 9.17) is 0 Å². The lowest BCUT2D eigenvalue weighted by Crippen LogP contribution is -1.95. The van der Waals surface area contributed by atoms with Crippen LogP contribution in [0.3, 0.4) is 0 Å². The van der Waals surface area contributed by atoms with Crippen molar-refractivity contribution in [2.45, 2.75) is 12.8 Å². The number of nitrogens with zero attached hydrogens (tertiary/aromatic N) is 2. The van der Waals surface area contributed by atoms with Crippen LogP contribution in [0.5, 0.6) is 0 Å². The normalized spacial score (nSPS) is 11.2. The zero-order valence-electron chi connectivity index (χ0n) is 13.8. The number of fused-ring (bicyclic) bond motifs is 2. The fourth-order valence-electron chi connectivity index (χ4n) is 2.91. The molecule has 0 unspecified atom stereocenters. The van der Waals surface area contributed by atoms with Crippen LogP contribution in [-0.4, -0.2) is 34.0 Å². The van der Waals surface area contributed by atoms with Crippen molar-refractivity contribution in [2.75, 3.05) is 24.7 Å². The zero-order valence-corrected chi connectivity index (χ0v) is 13.8. The van der Waals surface area contributed by atoms with Gasteiger partial charge < -0.3 is 20.6 Å². The van der Waals surface area contributed by atoms with Gasteiger partial charge in [-0.3, -0.25) is 0 Å². The van der Waals surface area contributed by atoms with Gasteiger partial charge in [0, 0.05) is 38.3 Å². The minimum absolute atomic E-state index is 0.822. The van der Waals surface area contributed by atoms with E-state index in [9.17, 15) is 0 Å². The first-order valence-electron chi connectivity index (χ1n) is 8.08. The third kappa shape index (κ3) is 2.67. The Morgan fingerprint density at radius 3 is 1.62 bits per heavy atom. The number of aryl methyl sites for hydroxylation is 2. The average molecular weight is 320 g/mol. The molecule has 0 spiro atoms. The van der Waals surface area contributed by atoms with Gasteiger partial charge in [-0.1, -0.05) is 0 Å². The van der Waals surface area contributed by atoms with Crippen LogP contribution in [0.15, 0.2) is 36.4 Å². The molecule has 2 heterocycles. The summed E-state index contributed by atoms with van der Waals surface area (Å²) in [5.74, 6) is 1.96. The van der Waals surface area contributed by atoms with Crippen LogP contribution in [0.2, 0.25) is 0 Å². The van der Waals surface area contributed by atoms with E-state index in [0.717, 1.165) is 57.9 Å². The predicted molar refractivity (Wildman–Crippen MR) is 98.7 cm³/mol. The summed E-state index contributed by atoms with van der Waals surface area (Å²) in [6.45, 7) is 0. The number of hydrogen-bond acceptors (Lipinski definition) is 4. The molecule has 0 aliphatic heterocycles. The molecule has 0 aliphatic carbocycles. The molecule has 2 aromatic heterocycles. The minimum atomic E-state index is 0.822. The number of aromatic nitrogens is 4. The second-order valence-electron chi connectivity index (χ2n) is 5.83. The van der Waals surface area contributed by atoms with E-state index in [1.807, 2.05) is 38.4 Å². The molecule has 0 fully saturated rings. The Balaban J connectivity index is 1.53. The van der Waals surface area contributed by atoms with E-state index in [1.54, 1.807) is 0 Å². The average Bonchev–Trinajstić information content (AvgIpc) is 3.21. The lowest BCUT2D eigenvalue weighted by molar-refractivity contribution is 0.844. The van der Waals surface area contributed by atoms with Crippen molar-refractivity contribution >= 4 is 33.4 Å². The Labute approximate surface area is 139 Å². The number of H-pyrrole nitrogens is 2. The van der Waals surface area contributed by atoms with E-state index in [-0.39, 0.29) is 0 Å². The highest BCUT2D eigenvalue weighted by molar-refractivity contribution is 5.80. The van der Waals surface area contributed by atoms with Gasteiger partial charge in [-0.25, -0.2) is 9.97 Å². The summed E-state index contributed by atoms with van der Waals surface area (Å²) in [5.41, 5.74) is 6.26. The fraction of sp³-hybridized carbons (Fsp3) is 0.222.